The summed E-state index contributed by atoms with van der Waals surface area (Å²) in [4.78, 5) is 24.9. The molecule has 0 spiro atoms. The molecular formula is C16H16N2O3S. The van der Waals surface area contributed by atoms with Gasteiger partial charge >= 0.3 is 0 Å². The Morgan fingerprint density at radius 3 is 2.91 bits per heavy atom. The number of fused-ring (bicyclic) bond motifs is 1. The molecule has 0 fully saturated rings. The highest BCUT2D eigenvalue weighted by molar-refractivity contribution is 8.00. The van der Waals surface area contributed by atoms with Gasteiger partial charge in [-0.15, -0.1) is 11.8 Å². The van der Waals surface area contributed by atoms with E-state index < -0.39 is 0 Å². The monoisotopic (exact) mass is 316 g/mol. The molecule has 1 aromatic carbocycles. The molecular weight excluding hydrogens is 300 g/mol. The van der Waals surface area contributed by atoms with Gasteiger partial charge in [-0.25, -0.2) is 0 Å². The lowest BCUT2D eigenvalue weighted by Crippen LogP contribution is -2.27. The van der Waals surface area contributed by atoms with Crippen molar-refractivity contribution in [3.05, 3.63) is 47.4 Å². The molecule has 2 heterocycles. The number of benzene rings is 1. The third kappa shape index (κ3) is 3.01. The minimum atomic E-state index is -0.199. The lowest BCUT2D eigenvalue weighted by molar-refractivity contribution is -0.115. The Hall–Kier alpha value is -2.21. The third-order valence-corrected chi connectivity index (χ3v) is 4.57. The Bertz CT molecular complexity index is 739. The van der Waals surface area contributed by atoms with Crippen LogP contribution in [0.3, 0.4) is 0 Å². The summed E-state index contributed by atoms with van der Waals surface area (Å²) in [5, 5.41) is 5.51. The summed E-state index contributed by atoms with van der Waals surface area (Å²) in [5.41, 5.74) is 1.20. The molecule has 1 aromatic heterocycles. The minimum Gasteiger partial charge on any atom is -0.465 e. The molecule has 0 aliphatic carbocycles. The number of hydrogen-bond donors (Lipinski definition) is 2. The second kappa shape index (κ2) is 5.88. The molecule has 1 aliphatic rings. The molecule has 1 aliphatic heterocycles. The van der Waals surface area contributed by atoms with Crippen LogP contribution in [0.25, 0.3) is 0 Å². The molecule has 1 unspecified atom stereocenters. The largest absolute Gasteiger partial charge is 0.465 e. The lowest BCUT2D eigenvalue weighted by Gasteiger charge is -2.21. The number of carbonyl (C=O) groups excluding carboxylic acids is 2. The SMILES string of the molecule is Cc1ccc(CNC(=O)c2ccc3c(c2)NC(=O)C(C)S3)o1. The number of aryl methyl sites for hydroxylation is 1. The van der Waals surface area contributed by atoms with Crippen LogP contribution < -0.4 is 10.6 Å². The molecule has 2 N–H and O–H groups in total. The highest BCUT2D eigenvalue weighted by Crippen LogP contribution is 2.35. The van der Waals surface area contributed by atoms with Gasteiger partial charge in [0.15, 0.2) is 0 Å². The first kappa shape index (κ1) is 14.7. The fourth-order valence-electron chi connectivity index (χ4n) is 2.20. The van der Waals surface area contributed by atoms with Crippen LogP contribution in [-0.2, 0) is 11.3 Å². The zero-order chi connectivity index (χ0) is 15.7. The van der Waals surface area contributed by atoms with Gasteiger partial charge in [0.05, 0.1) is 17.5 Å². The normalized spacial score (nSPS) is 16.8. The van der Waals surface area contributed by atoms with E-state index in [1.54, 1.807) is 12.1 Å². The van der Waals surface area contributed by atoms with E-state index in [4.69, 9.17) is 4.42 Å². The lowest BCUT2D eigenvalue weighted by atomic mass is 10.1. The van der Waals surface area contributed by atoms with E-state index in [9.17, 15) is 9.59 Å². The Morgan fingerprint density at radius 2 is 2.18 bits per heavy atom. The quantitative estimate of drug-likeness (QED) is 0.913. The zero-order valence-electron chi connectivity index (χ0n) is 12.3. The number of carbonyl (C=O) groups is 2. The average Bonchev–Trinajstić information content (AvgIpc) is 2.91. The van der Waals surface area contributed by atoms with Gasteiger partial charge in [0.1, 0.15) is 11.5 Å². The van der Waals surface area contributed by atoms with Gasteiger partial charge in [0.25, 0.3) is 5.91 Å². The summed E-state index contributed by atoms with van der Waals surface area (Å²) in [6, 6.07) is 9.02. The zero-order valence-corrected chi connectivity index (χ0v) is 13.1. The van der Waals surface area contributed by atoms with Crippen molar-refractivity contribution in [2.45, 2.75) is 30.5 Å². The van der Waals surface area contributed by atoms with Gasteiger partial charge in [0, 0.05) is 10.5 Å². The van der Waals surface area contributed by atoms with Crippen molar-refractivity contribution in [1.29, 1.82) is 0 Å². The molecule has 0 saturated carbocycles. The van der Waals surface area contributed by atoms with Crippen LogP contribution >= 0.6 is 11.8 Å². The minimum absolute atomic E-state index is 0.0406. The van der Waals surface area contributed by atoms with Gasteiger partial charge in [-0.1, -0.05) is 0 Å². The first-order valence-corrected chi connectivity index (χ1v) is 7.86. The van der Waals surface area contributed by atoms with Crippen molar-refractivity contribution in [2.24, 2.45) is 0 Å². The van der Waals surface area contributed by atoms with E-state index >= 15 is 0 Å². The number of anilines is 1. The molecule has 6 heteroatoms. The number of hydrogen-bond acceptors (Lipinski definition) is 4. The van der Waals surface area contributed by atoms with Gasteiger partial charge in [-0.3, -0.25) is 9.59 Å². The van der Waals surface area contributed by atoms with Crippen LogP contribution in [0.15, 0.2) is 39.6 Å². The Balaban J connectivity index is 1.71. The average molecular weight is 316 g/mol. The smallest absolute Gasteiger partial charge is 0.251 e. The number of furan rings is 1. The van der Waals surface area contributed by atoms with E-state index in [-0.39, 0.29) is 17.1 Å². The number of amides is 2. The van der Waals surface area contributed by atoms with Crippen LogP contribution in [-0.4, -0.2) is 17.1 Å². The van der Waals surface area contributed by atoms with Gasteiger partial charge in [-0.2, -0.15) is 0 Å². The predicted octanol–water partition coefficient (Wildman–Crippen LogP) is 2.95. The van der Waals surface area contributed by atoms with Crippen molar-refractivity contribution < 1.29 is 14.0 Å². The van der Waals surface area contributed by atoms with Crippen molar-refractivity contribution >= 4 is 29.3 Å². The maximum atomic E-state index is 12.2. The first-order chi connectivity index (χ1) is 10.5. The second-order valence-corrected chi connectivity index (χ2v) is 6.54. The van der Waals surface area contributed by atoms with Crippen LogP contribution in [0.5, 0.6) is 0 Å². The molecule has 22 heavy (non-hydrogen) atoms. The predicted molar refractivity (Wildman–Crippen MR) is 85.0 cm³/mol. The molecule has 3 rings (SSSR count). The summed E-state index contributed by atoms with van der Waals surface area (Å²) < 4.78 is 5.41. The van der Waals surface area contributed by atoms with Crippen molar-refractivity contribution in [3.8, 4) is 0 Å². The molecule has 0 bridgehead atoms. The van der Waals surface area contributed by atoms with Crippen LogP contribution in [0.1, 0.15) is 28.8 Å². The Morgan fingerprint density at radius 1 is 1.36 bits per heavy atom. The maximum absolute atomic E-state index is 12.2. The number of nitrogens with one attached hydrogen (secondary N) is 2. The molecule has 114 valence electrons. The fraction of sp³-hybridized carbons (Fsp3) is 0.250. The summed E-state index contributed by atoms with van der Waals surface area (Å²) >= 11 is 1.49. The van der Waals surface area contributed by atoms with E-state index in [1.165, 1.54) is 11.8 Å². The molecule has 2 aromatic rings. The standard InChI is InChI=1S/C16H16N2O3S/c1-9-3-5-12(21-9)8-17-16(20)11-4-6-14-13(7-11)18-15(19)10(2)22-14/h3-7,10H,8H2,1-2H3,(H,17,20)(H,18,19). The fourth-order valence-corrected chi connectivity index (χ4v) is 3.13. The second-order valence-electron chi connectivity index (χ2n) is 5.16. The van der Waals surface area contributed by atoms with Crippen molar-refractivity contribution in [1.82, 2.24) is 5.32 Å². The van der Waals surface area contributed by atoms with Crippen LogP contribution in [0.2, 0.25) is 0 Å². The number of rotatable bonds is 3. The third-order valence-electron chi connectivity index (χ3n) is 3.39. The van der Waals surface area contributed by atoms with E-state index in [2.05, 4.69) is 10.6 Å². The van der Waals surface area contributed by atoms with Crippen molar-refractivity contribution in [3.63, 3.8) is 0 Å². The molecule has 0 radical (unpaired) electrons. The maximum Gasteiger partial charge on any atom is 0.251 e. The van der Waals surface area contributed by atoms with Gasteiger partial charge in [0.2, 0.25) is 5.91 Å². The van der Waals surface area contributed by atoms with E-state index in [0.717, 1.165) is 10.7 Å². The highest BCUT2D eigenvalue weighted by Gasteiger charge is 2.23. The van der Waals surface area contributed by atoms with Gasteiger partial charge < -0.3 is 15.1 Å². The topological polar surface area (TPSA) is 71.3 Å². The molecule has 1 atom stereocenters. The van der Waals surface area contributed by atoms with E-state index in [0.29, 0.717) is 23.6 Å². The Labute approximate surface area is 132 Å². The first-order valence-electron chi connectivity index (χ1n) is 6.98. The van der Waals surface area contributed by atoms with Crippen molar-refractivity contribution in [2.75, 3.05) is 5.32 Å². The van der Waals surface area contributed by atoms with Crippen LogP contribution in [0.4, 0.5) is 5.69 Å². The highest BCUT2D eigenvalue weighted by atomic mass is 32.2. The Kier molecular flexibility index (Phi) is 3.94. The van der Waals surface area contributed by atoms with E-state index in [1.807, 2.05) is 32.0 Å². The molecule has 0 saturated heterocycles. The molecule has 5 nitrogen and oxygen atoms in total. The summed E-state index contributed by atoms with van der Waals surface area (Å²) in [7, 11) is 0. The summed E-state index contributed by atoms with van der Waals surface area (Å²) in [6.45, 7) is 4.05. The summed E-state index contributed by atoms with van der Waals surface area (Å²) in [5.74, 6) is 1.28. The van der Waals surface area contributed by atoms with Gasteiger partial charge in [-0.05, 0) is 44.2 Å². The number of thioether (sulfide) groups is 1. The van der Waals surface area contributed by atoms with Crippen LogP contribution in [0, 0.1) is 6.92 Å². The molecule has 2 amide bonds. The summed E-state index contributed by atoms with van der Waals surface area (Å²) in [6.07, 6.45) is 0.